The van der Waals surface area contributed by atoms with E-state index in [9.17, 15) is 9.90 Å². The summed E-state index contributed by atoms with van der Waals surface area (Å²) in [5.74, 6) is 0.666. The summed E-state index contributed by atoms with van der Waals surface area (Å²) < 4.78 is 35.0. The van der Waals surface area contributed by atoms with Crippen LogP contribution >= 0.6 is 0 Å². The number of rotatable bonds is 5. The van der Waals surface area contributed by atoms with E-state index in [1.54, 1.807) is 12.1 Å². The van der Waals surface area contributed by atoms with E-state index in [0.29, 0.717) is 23.0 Å². The number of cyclic esters (lactones) is 1. The molecule has 0 bridgehead atoms. The zero-order valence-corrected chi connectivity index (χ0v) is 22.8. The van der Waals surface area contributed by atoms with Gasteiger partial charge in [-0.3, -0.25) is 4.79 Å². The monoisotopic (exact) mass is 514 g/mol. The first-order valence-electron chi connectivity index (χ1n) is 12.2. The van der Waals surface area contributed by atoms with Crippen LogP contribution in [0.1, 0.15) is 49.5 Å². The van der Waals surface area contributed by atoms with Crippen LogP contribution in [0.2, 0.25) is 18.1 Å². The van der Waals surface area contributed by atoms with Crippen LogP contribution < -0.4 is 18.9 Å². The smallest absolute Gasteiger partial charge is 0.312 e. The molecule has 1 fully saturated rings. The number of methoxy groups -OCH3 is 2. The number of hydrogen-bond donors (Lipinski definition) is 1. The number of benzene rings is 2. The van der Waals surface area contributed by atoms with Gasteiger partial charge in [0.2, 0.25) is 12.5 Å². The average Bonchev–Trinajstić information content (AvgIpc) is 3.43. The Morgan fingerprint density at radius 3 is 2.08 bits per heavy atom. The molecule has 0 spiro atoms. The van der Waals surface area contributed by atoms with E-state index in [1.165, 1.54) is 14.2 Å². The predicted molar refractivity (Wildman–Crippen MR) is 135 cm³/mol. The van der Waals surface area contributed by atoms with E-state index in [2.05, 4.69) is 33.9 Å². The van der Waals surface area contributed by atoms with E-state index < -0.39 is 20.3 Å². The lowest BCUT2D eigenvalue weighted by atomic mass is 9.66. The lowest BCUT2D eigenvalue weighted by Gasteiger charge is -2.45. The summed E-state index contributed by atoms with van der Waals surface area (Å²) >= 11 is 0. The number of esters is 1. The number of aromatic hydroxyl groups is 1. The molecule has 1 aliphatic carbocycles. The molecular weight excluding hydrogens is 480 g/mol. The minimum Gasteiger partial charge on any atom is -0.502 e. The van der Waals surface area contributed by atoms with Crippen molar-refractivity contribution in [1.82, 2.24) is 0 Å². The Labute approximate surface area is 212 Å². The highest BCUT2D eigenvalue weighted by molar-refractivity contribution is 6.74. The van der Waals surface area contributed by atoms with Gasteiger partial charge in [0, 0.05) is 11.8 Å². The second-order valence-electron chi connectivity index (χ2n) is 11.2. The predicted octanol–water partition coefficient (Wildman–Crippen LogP) is 5.14. The van der Waals surface area contributed by atoms with E-state index in [0.717, 1.165) is 16.7 Å². The minimum atomic E-state index is -2.27. The second kappa shape index (κ2) is 8.59. The molecule has 2 heterocycles. The van der Waals surface area contributed by atoms with Crippen LogP contribution in [-0.4, -0.2) is 47.0 Å². The second-order valence-corrected chi connectivity index (χ2v) is 16.0. The van der Waals surface area contributed by atoms with Crippen LogP contribution in [0.25, 0.3) is 0 Å². The number of ether oxygens (including phenoxy) is 5. The highest BCUT2D eigenvalue weighted by Gasteiger charge is 2.55. The Bertz CT molecular complexity index is 1180. The molecule has 0 radical (unpaired) electrons. The van der Waals surface area contributed by atoms with E-state index in [-0.39, 0.29) is 42.0 Å². The molecule has 0 aromatic heterocycles. The first kappa shape index (κ1) is 24.8. The maximum atomic E-state index is 13.2. The third kappa shape index (κ3) is 3.80. The number of carbonyl (C=O) groups excluding carboxylic acids is 1. The van der Waals surface area contributed by atoms with Gasteiger partial charge in [0.25, 0.3) is 0 Å². The van der Waals surface area contributed by atoms with Gasteiger partial charge in [-0.25, -0.2) is 0 Å². The van der Waals surface area contributed by atoms with Gasteiger partial charge in [-0.1, -0.05) is 20.8 Å². The largest absolute Gasteiger partial charge is 0.502 e. The summed E-state index contributed by atoms with van der Waals surface area (Å²) in [6, 6.07) is 7.55. The highest BCUT2D eigenvalue weighted by atomic mass is 28.4. The van der Waals surface area contributed by atoms with Crippen molar-refractivity contribution in [2.75, 3.05) is 27.6 Å². The Morgan fingerprint density at radius 2 is 1.53 bits per heavy atom. The molecule has 194 valence electrons. The van der Waals surface area contributed by atoms with Crippen LogP contribution in [0.3, 0.4) is 0 Å². The van der Waals surface area contributed by atoms with Crippen molar-refractivity contribution in [3.63, 3.8) is 0 Å². The van der Waals surface area contributed by atoms with Crippen molar-refractivity contribution in [1.29, 1.82) is 0 Å². The van der Waals surface area contributed by atoms with Crippen LogP contribution in [0.5, 0.6) is 28.7 Å². The molecule has 8 nitrogen and oxygen atoms in total. The quantitative estimate of drug-likeness (QED) is 0.433. The lowest BCUT2D eigenvalue weighted by molar-refractivity contribution is -0.144. The van der Waals surface area contributed by atoms with Crippen molar-refractivity contribution >= 4 is 14.3 Å². The molecule has 4 atom stereocenters. The Morgan fingerprint density at radius 1 is 0.944 bits per heavy atom. The molecule has 0 saturated carbocycles. The molecule has 2 aliphatic heterocycles. The van der Waals surface area contributed by atoms with Gasteiger partial charge in [0.05, 0.1) is 32.8 Å². The fourth-order valence-electron chi connectivity index (χ4n) is 5.27. The summed E-state index contributed by atoms with van der Waals surface area (Å²) in [4.78, 5) is 13.2. The SMILES string of the molecule is COc1cc([C@@H]2c3cc4c(cc3[C@H](O[Si](C)(C)C(C)(C)C)[C@@H]3C(=O)OC[C@@H]23)OCO4)cc(OC)c1O. The van der Waals surface area contributed by atoms with Crippen molar-refractivity contribution in [2.45, 2.75) is 50.9 Å². The molecule has 3 aliphatic rings. The number of hydrogen-bond acceptors (Lipinski definition) is 8. The Balaban J connectivity index is 1.73. The number of phenols is 1. The summed E-state index contributed by atoms with van der Waals surface area (Å²) in [5, 5.41) is 10.5. The van der Waals surface area contributed by atoms with Gasteiger partial charge in [0.15, 0.2) is 31.3 Å². The van der Waals surface area contributed by atoms with Gasteiger partial charge < -0.3 is 33.2 Å². The number of carbonyl (C=O) groups is 1. The number of phenolic OH excluding ortho intramolecular Hbond substituents is 1. The zero-order valence-electron chi connectivity index (χ0n) is 21.8. The molecule has 1 saturated heterocycles. The van der Waals surface area contributed by atoms with Crippen molar-refractivity contribution in [3.05, 3.63) is 41.0 Å². The van der Waals surface area contributed by atoms with Crippen LogP contribution in [-0.2, 0) is 14.0 Å². The van der Waals surface area contributed by atoms with Crippen LogP contribution in [0.15, 0.2) is 24.3 Å². The zero-order chi connectivity index (χ0) is 26.0. The number of fused-ring (bicyclic) bond motifs is 3. The molecule has 0 unspecified atom stereocenters. The van der Waals surface area contributed by atoms with Gasteiger partial charge in [0.1, 0.15) is 0 Å². The first-order valence-corrected chi connectivity index (χ1v) is 15.1. The molecule has 9 heteroatoms. The Hall–Kier alpha value is -2.91. The fourth-order valence-corrected chi connectivity index (χ4v) is 6.53. The highest BCUT2D eigenvalue weighted by Crippen LogP contribution is 2.57. The van der Waals surface area contributed by atoms with Gasteiger partial charge in [-0.15, -0.1) is 0 Å². The van der Waals surface area contributed by atoms with E-state index in [4.69, 9.17) is 28.1 Å². The first-order chi connectivity index (χ1) is 17.0. The third-order valence-corrected chi connectivity index (χ3v) is 12.7. The standard InChI is InChI=1S/C27H34O8Si/c1-27(2,3)36(6,7)35-25-16-11-19-18(33-13-34-19)10-15(16)22(17-12-32-26(29)23(17)25)14-8-20(30-4)24(28)21(9-14)31-5/h8-11,17,22-23,25,28H,12-13H2,1-7H3/t17-,22+,23+,25-/m0/s1. The van der Waals surface area contributed by atoms with Crippen molar-refractivity contribution in [3.8, 4) is 28.7 Å². The summed E-state index contributed by atoms with van der Waals surface area (Å²) in [7, 11) is 0.732. The average molecular weight is 515 g/mol. The maximum absolute atomic E-state index is 13.2. The van der Waals surface area contributed by atoms with Gasteiger partial charge >= 0.3 is 5.97 Å². The summed E-state index contributed by atoms with van der Waals surface area (Å²) in [6.07, 6.45) is -0.465. The molecule has 2 aromatic carbocycles. The maximum Gasteiger partial charge on any atom is 0.312 e. The lowest BCUT2D eigenvalue weighted by Crippen LogP contribution is -2.46. The van der Waals surface area contributed by atoms with Gasteiger partial charge in [-0.2, -0.15) is 0 Å². The van der Waals surface area contributed by atoms with E-state index >= 15 is 0 Å². The fraction of sp³-hybridized carbons (Fsp3) is 0.519. The molecule has 1 N–H and O–H groups in total. The normalized spacial score (nSPS) is 24.7. The van der Waals surface area contributed by atoms with Crippen LogP contribution in [0, 0.1) is 11.8 Å². The minimum absolute atomic E-state index is 0.0456. The molecule has 0 amide bonds. The third-order valence-electron chi connectivity index (χ3n) is 8.21. The summed E-state index contributed by atoms with van der Waals surface area (Å²) in [6.45, 7) is 11.4. The van der Waals surface area contributed by atoms with E-state index in [1.807, 2.05) is 12.1 Å². The molecule has 36 heavy (non-hydrogen) atoms. The molecule has 5 rings (SSSR count). The van der Waals surface area contributed by atoms with Crippen molar-refractivity contribution < 1.29 is 38.0 Å². The molecule has 2 aromatic rings. The molecular formula is C27H34O8Si. The topological polar surface area (TPSA) is 92.7 Å². The summed E-state index contributed by atoms with van der Waals surface area (Å²) in [5.41, 5.74) is 2.73. The Kier molecular flexibility index (Phi) is 5.91. The van der Waals surface area contributed by atoms with Crippen LogP contribution in [0.4, 0.5) is 0 Å². The van der Waals surface area contributed by atoms with Crippen molar-refractivity contribution in [2.24, 2.45) is 11.8 Å². The van der Waals surface area contributed by atoms with Gasteiger partial charge in [-0.05, 0) is 59.1 Å².